The molecule has 1 aliphatic rings. The maximum absolute atomic E-state index is 11.8. The molecule has 0 N–H and O–H groups in total. The fourth-order valence-corrected chi connectivity index (χ4v) is 3.64. The number of allylic oxidation sites excluding steroid dienone is 6. The van der Waals surface area contributed by atoms with Gasteiger partial charge in [-0.1, -0.05) is 19.2 Å². The van der Waals surface area contributed by atoms with E-state index in [0.717, 1.165) is 41.8 Å². The number of fused-ring (bicyclic) bond motifs is 1. The highest BCUT2D eigenvalue weighted by atomic mass is 16.1. The predicted octanol–water partition coefficient (Wildman–Crippen LogP) is 5.49. The van der Waals surface area contributed by atoms with Crippen LogP contribution in [0.1, 0.15) is 45.6 Å². The van der Waals surface area contributed by atoms with Crippen LogP contribution in [-0.4, -0.2) is 26.8 Å². The number of Topliss-reactive ketones (excluding diaryl/α,β-unsaturated/α-hetero) is 1. The van der Waals surface area contributed by atoms with Gasteiger partial charge in [0, 0.05) is 30.1 Å². The summed E-state index contributed by atoms with van der Waals surface area (Å²) in [6.45, 7) is 15.5. The van der Waals surface area contributed by atoms with Crippen molar-refractivity contribution in [3.8, 4) is 0 Å². The van der Waals surface area contributed by atoms with E-state index in [1.807, 2.05) is 32.3 Å². The molecule has 0 radical (unpaired) electrons. The molecule has 4 heteroatoms. The van der Waals surface area contributed by atoms with Gasteiger partial charge >= 0.3 is 0 Å². The van der Waals surface area contributed by atoms with E-state index in [1.54, 1.807) is 6.92 Å². The van der Waals surface area contributed by atoms with Crippen LogP contribution in [0.2, 0.25) is 0 Å². The number of nitrogens with zero attached hydrogens (tertiary/aromatic N) is 3. The third kappa shape index (κ3) is 4.33. The highest BCUT2D eigenvalue weighted by Gasteiger charge is 2.14. The zero-order valence-electron chi connectivity index (χ0n) is 17.2. The van der Waals surface area contributed by atoms with Crippen molar-refractivity contribution in [3.05, 3.63) is 72.2 Å². The molecule has 146 valence electrons. The Hall–Kier alpha value is -2.88. The zero-order chi connectivity index (χ0) is 20.3. The summed E-state index contributed by atoms with van der Waals surface area (Å²) in [7, 11) is 0. The third-order valence-electron chi connectivity index (χ3n) is 5.29. The summed E-state index contributed by atoms with van der Waals surface area (Å²) < 4.78 is 2.07. The van der Waals surface area contributed by atoms with Crippen LogP contribution in [0.25, 0.3) is 16.7 Å². The molecule has 1 fully saturated rings. The molecule has 28 heavy (non-hydrogen) atoms. The number of hydrogen-bond donors (Lipinski definition) is 0. The van der Waals surface area contributed by atoms with Crippen molar-refractivity contribution >= 4 is 22.5 Å². The van der Waals surface area contributed by atoms with Crippen molar-refractivity contribution in [2.24, 2.45) is 0 Å². The normalized spacial score (nSPS) is 16.0. The number of rotatable bonds is 6. The van der Waals surface area contributed by atoms with Crippen LogP contribution >= 0.6 is 0 Å². The second-order valence-electron chi connectivity index (χ2n) is 7.61. The van der Waals surface area contributed by atoms with Crippen LogP contribution in [0.4, 0.5) is 0 Å². The van der Waals surface area contributed by atoms with Crippen molar-refractivity contribution in [1.82, 2.24) is 14.5 Å². The van der Waals surface area contributed by atoms with Gasteiger partial charge in [-0.15, -0.1) is 0 Å². The Labute approximate surface area is 167 Å². The highest BCUT2D eigenvalue weighted by Crippen LogP contribution is 2.24. The first kappa shape index (κ1) is 19.9. The van der Waals surface area contributed by atoms with E-state index in [1.165, 1.54) is 24.1 Å². The number of carbonyl (C=O) groups is 1. The molecule has 4 nitrogen and oxygen atoms in total. The maximum Gasteiger partial charge on any atom is 0.160 e. The topological polar surface area (TPSA) is 38.1 Å². The fraction of sp³-hybridized carbons (Fsp3) is 0.333. The zero-order valence-corrected chi connectivity index (χ0v) is 17.2. The van der Waals surface area contributed by atoms with Crippen molar-refractivity contribution in [2.45, 2.75) is 46.6 Å². The van der Waals surface area contributed by atoms with Gasteiger partial charge in [0.15, 0.2) is 5.78 Å². The van der Waals surface area contributed by atoms with Gasteiger partial charge in [0.2, 0.25) is 0 Å². The fourth-order valence-electron chi connectivity index (χ4n) is 3.64. The van der Waals surface area contributed by atoms with Crippen LogP contribution in [0, 0.1) is 0 Å². The highest BCUT2D eigenvalue weighted by molar-refractivity contribution is 5.97. The summed E-state index contributed by atoms with van der Waals surface area (Å²) in [5.74, 6) is 0.0242. The molecule has 2 heterocycles. The quantitative estimate of drug-likeness (QED) is 0.495. The summed E-state index contributed by atoms with van der Waals surface area (Å²) in [5.41, 5.74) is 6.95. The second kappa shape index (κ2) is 8.42. The molecule has 1 saturated heterocycles. The summed E-state index contributed by atoms with van der Waals surface area (Å²) in [5, 5.41) is 0. The second-order valence-corrected chi connectivity index (χ2v) is 7.61. The van der Waals surface area contributed by atoms with Crippen LogP contribution in [-0.2, 0) is 11.3 Å². The molecular formula is C24H29N3O. The lowest BCUT2D eigenvalue weighted by atomic mass is 10.1. The van der Waals surface area contributed by atoms with Crippen LogP contribution < -0.4 is 0 Å². The standard InChI is InChI=1S/C24H29N3O/c1-17(2)22(20(5)28)11-9-19(4)27-16-25-23-12-10-21(14-24(23)27)15-26-13-7-6-8-18(26)3/h9-12,14,16H,1,3,6-8,13,15H2,2,4-5H3/b19-9+,22-11+. The molecule has 0 atom stereocenters. The van der Waals surface area contributed by atoms with Gasteiger partial charge in [-0.3, -0.25) is 4.79 Å². The number of ketones is 1. The number of piperidine rings is 1. The number of hydrogen-bond acceptors (Lipinski definition) is 3. The molecule has 1 aromatic heterocycles. The molecule has 0 aliphatic carbocycles. The first-order chi connectivity index (χ1) is 13.4. The van der Waals surface area contributed by atoms with E-state index in [-0.39, 0.29) is 5.78 Å². The Morgan fingerprint density at radius 2 is 2.00 bits per heavy atom. The Morgan fingerprint density at radius 3 is 2.68 bits per heavy atom. The summed E-state index contributed by atoms with van der Waals surface area (Å²) in [6.07, 6.45) is 9.19. The average Bonchev–Trinajstić information content (AvgIpc) is 3.06. The monoisotopic (exact) mass is 375 g/mol. The Morgan fingerprint density at radius 1 is 1.21 bits per heavy atom. The number of carbonyl (C=O) groups excluding carboxylic acids is 1. The predicted molar refractivity (Wildman–Crippen MR) is 117 cm³/mol. The number of aromatic nitrogens is 2. The largest absolute Gasteiger partial charge is 0.371 e. The van der Waals surface area contributed by atoms with Crippen LogP contribution in [0.3, 0.4) is 0 Å². The van der Waals surface area contributed by atoms with Gasteiger partial charge in [0.25, 0.3) is 0 Å². The van der Waals surface area contributed by atoms with Crippen LogP contribution in [0.5, 0.6) is 0 Å². The van der Waals surface area contributed by atoms with Crippen molar-refractivity contribution in [2.75, 3.05) is 6.54 Å². The molecule has 0 amide bonds. The first-order valence-electron chi connectivity index (χ1n) is 9.81. The molecule has 1 aliphatic heterocycles. The number of likely N-dealkylation sites (tertiary alicyclic amines) is 1. The molecule has 0 spiro atoms. The van der Waals surface area contributed by atoms with Gasteiger partial charge in [-0.2, -0.15) is 0 Å². The molecular weight excluding hydrogens is 346 g/mol. The third-order valence-corrected chi connectivity index (χ3v) is 5.29. The van der Waals surface area contributed by atoms with Crippen LogP contribution in [0.15, 0.2) is 66.7 Å². The molecule has 0 unspecified atom stereocenters. The van der Waals surface area contributed by atoms with E-state index in [9.17, 15) is 4.79 Å². The minimum absolute atomic E-state index is 0.0242. The summed E-state index contributed by atoms with van der Waals surface area (Å²) in [6, 6.07) is 6.43. The van der Waals surface area contributed by atoms with Gasteiger partial charge in [-0.25, -0.2) is 4.98 Å². The van der Waals surface area contributed by atoms with Gasteiger partial charge < -0.3 is 9.47 Å². The van der Waals surface area contributed by atoms with Crippen molar-refractivity contribution < 1.29 is 4.79 Å². The average molecular weight is 376 g/mol. The molecule has 2 aromatic rings. The van der Waals surface area contributed by atoms with Crippen molar-refractivity contribution in [3.63, 3.8) is 0 Å². The Kier molecular flexibility index (Phi) is 5.98. The van der Waals surface area contributed by atoms with Gasteiger partial charge in [-0.05, 0) is 75.5 Å². The number of benzene rings is 1. The Balaban J connectivity index is 1.90. The lowest BCUT2D eigenvalue weighted by Crippen LogP contribution is -2.26. The minimum Gasteiger partial charge on any atom is -0.371 e. The Bertz CT molecular complexity index is 974. The summed E-state index contributed by atoms with van der Waals surface area (Å²) in [4.78, 5) is 18.7. The molecule has 1 aromatic carbocycles. The lowest BCUT2D eigenvalue weighted by Gasteiger charge is -2.31. The maximum atomic E-state index is 11.8. The van der Waals surface area contributed by atoms with Gasteiger partial charge in [0.1, 0.15) is 6.33 Å². The van der Waals surface area contributed by atoms with E-state index >= 15 is 0 Å². The van der Waals surface area contributed by atoms with E-state index in [4.69, 9.17) is 0 Å². The van der Waals surface area contributed by atoms with Crippen molar-refractivity contribution in [1.29, 1.82) is 0 Å². The minimum atomic E-state index is 0.0242. The molecule has 0 bridgehead atoms. The molecule has 0 saturated carbocycles. The SMILES string of the molecule is C=C(C)/C(=C\C=C(/C)n1cnc2ccc(CN3CCCCC3=C)cc21)C(C)=O. The molecule has 3 rings (SSSR count). The van der Waals surface area contributed by atoms with E-state index < -0.39 is 0 Å². The number of imidazole rings is 1. The lowest BCUT2D eigenvalue weighted by molar-refractivity contribution is -0.113. The summed E-state index contributed by atoms with van der Waals surface area (Å²) >= 11 is 0. The first-order valence-corrected chi connectivity index (χ1v) is 9.81. The van der Waals surface area contributed by atoms with Gasteiger partial charge in [0.05, 0.1) is 11.0 Å². The van der Waals surface area contributed by atoms with E-state index in [0.29, 0.717) is 5.57 Å². The van der Waals surface area contributed by atoms with E-state index in [2.05, 4.69) is 45.8 Å². The smallest absolute Gasteiger partial charge is 0.160 e.